The Kier molecular flexibility index (Phi) is 6.46. The number of piperidine rings is 1. The van der Waals surface area contributed by atoms with Crippen LogP contribution >= 0.6 is 0 Å². The summed E-state index contributed by atoms with van der Waals surface area (Å²) in [5.74, 6) is 1.88. The lowest BCUT2D eigenvalue weighted by molar-refractivity contribution is 0.185. The van der Waals surface area contributed by atoms with Gasteiger partial charge in [0.1, 0.15) is 5.82 Å². The molecule has 1 aromatic heterocycles. The van der Waals surface area contributed by atoms with Gasteiger partial charge in [-0.3, -0.25) is 14.8 Å². The van der Waals surface area contributed by atoms with Gasteiger partial charge in [0, 0.05) is 44.3 Å². The van der Waals surface area contributed by atoms with E-state index >= 15 is 0 Å². The van der Waals surface area contributed by atoms with E-state index < -0.39 is 0 Å². The third kappa shape index (κ3) is 5.14. The number of nitrogens with zero attached hydrogens (tertiary/aromatic N) is 5. The Morgan fingerprint density at radius 3 is 2.17 bits per heavy atom. The lowest BCUT2D eigenvalue weighted by Gasteiger charge is -2.37. The molecule has 0 spiro atoms. The van der Waals surface area contributed by atoms with E-state index in [4.69, 9.17) is 9.97 Å². The number of hydrogen-bond acceptors (Lipinski definition) is 5. The van der Waals surface area contributed by atoms with Crippen LogP contribution in [0.25, 0.3) is 11.3 Å². The average Bonchev–Trinajstić information content (AvgIpc) is 2.76. The molecule has 2 aliphatic rings. The summed E-state index contributed by atoms with van der Waals surface area (Å²) in [6.07, 6.45) is 6.51. The van der Waals surface area contributed by atoms with Crippen molar-refractivity contribution in [2.24, 2.45) is 5.92 Å². The van der Waals surface area contributed by atoms with E-state index in [0.29, 0.717) is 6.04 Å². The Morgan fingerprint density at radius 1 is 0.897 bits per heavy atom. The third-order valence-corrected chi connectivity index (χ3v) is 6.54. The van der Waals surface area contributed by atoms with Gasteiger partial charge in [-0.25, -0.2) is 4.98 Å². The molecule has 0 aliphatic carbocycles. The van der Waals surface area contributed by atoms with Crippen molar-refractivity contribution in [3.63, 3.8) is 0 Å². The molecule has 2 saturated heterocycles. The summed E-state index contributed by atoms with van der Waals surface area (Å²) < 4.78 is 0. The average molecular weight is 394 g/mol. The van der Waals surface area contributed by atoms with Gasteiger partial charge < -0.3 is 4.90 Å². The van der Waals surface area contributed by atoms with Crippen LogP contribution in [0.3, 0.4) is 0 Å². The molecule has 0 N–H and O–H groups in total. The number of benzene rings is 1. The summed E-state index contributed by atoms with van der Waals surface area (Å²) in [7, 11) is 0. The van der Waals surface area contributed by atoms with Crippen LogP contribution in [-0.2, 0) is 6.54 Å². The van der Waals surface area contributed by atoms with Crippen LogP contribution in [-0.4, -0.2) is 65.1 Å². The summed E-state index contributed by atoms with van der Waals surface area (Å²) in [5, 5.41) is 0. The maximum Gasteiger partial charge on any atom is 0.147 e. The summed E-state index contributed by atoms with van der Waals surface area (Å²) in [6, 6.07) is 9.48. The highest BCUT2D eigenvalue weighted by Crippen LogP contribution is 2.22. The van der Waals surface area contributed by atoms with Gasteiger partial charge in [0.15, 0.2) is 0 Å². The lowest BCUT2D eigenvalue weighted by atomic mass is 9.98. The van der Waals surface area contributed by atoms with Crippen molar-refractivity contribution in [1.82, 2.24) is 19.8 Å². The van der Waals surface area contributed by atoms with E-state index in [1.807, 2.05) is 12.4 Å². The van der Waals surface area contributed by atoms with Gasteiger partial charge in [0.05, 0.1) is 18.1 Å². The van der Waals surface area contributed by atoms with Crippen LogP contribution in [0, 0.1) is 5.92 Å². The van der Waals surface area contributed by atoms with Crippen LogP contribution in [0.2, 0.25) is 0 Å². The highest BCUT2D eigenvalue weighted by molar-refractivity contribution is 5.59. The number of hydrogen-bond donors (Lipinski definition) is 0. The van der Waals surface area contributed by atoms with Crippen LogP contribution in [0.15, 0.2) is 36.7 Å². The molecule has 0 atom stereocenters. The predicted octanol–water partition coefficient (Wildman–Crippen LogP) is 3.91. The van der Waals surface area contributed by atoms with E-state index in [1.54, 1.807) is 0 Å². The summed E-state index contributed by atoms with van der Waals surface area (Å²) in [6.45, 7) is 14.6. The van der Waals surface area contributed by atoms with Crippen LogP contribution in [0.5, 0.6) is 0 Å². The first-order valence-electron chi connectivity index (χ1n) is 11.2. The second-order valence-corrected chi connectivity index (χ2v) is 9.03. The molecule has 2 fully saturated rings. The van der Waals surface area contributed by atoms with Crippen LogP contribution in [0.4, 0.5) is 5.82 Å². The van der Waals surface area contributed by atoms with Crippen molar-refractivity contribution in [1.29, 1.82) is 0 Å². The minimum Gasteiger partial charge on any atom is -0.353 e. The molecular formula is C24H35N5. The molecule has 29 heavy (non-hydrogen) atoms. The number of aromatic nitrogens is 2. The Bertz CT molecular complexity index is 755. The molecule has 0 amide bonds. The van der Waals surface area contributed by atoms with E-state index in [9.17, 15) is 0 Å². The maximum absolute atomic E-state index is 4.71. The first-order chi connectivity index (χ1) is 14.1. The third-order valence-electron chi connectivity index (χ3n) is 6.54. The van der Waals surface area contributed by atoms with Crippen molar-refractivity contribution >= 4 is 5.82 Å². The topological polar surface area (TPSA) is 35.5 Å². The molecule has 2 aliphatic heterocycles. The highest BCUT2D eigenvalue weighted by atomic mass is 15.3. The van der Waals surface area contributed by atoms with E-state index in [0.717, 1.165) is 55.7 Å². The zero-order valence-electron chi connectivity index (χ0n) is 18.2. The standard InChI is InChI=1S/C24H35N5/c1-19(2)28-12-14-29(15-13-28)24-17-25-23(16-26-24)22-6-4-21(5-7-22)18-27-10-8-20(3)9-11-27/h4-7,16-17,19-20H,8-15,18H2,1-3H3. The normalized spacial score (nSPS) is 19.8. The molecule has 0 saturated carbocycles. The highest BCUT2D eigenvalue weighted by Gasteiger charge is 2.20. The molecule has 4 rings (SSSR count). The van der Waals surface area contributed by atoms with Gasteiger partial charge in [-0.2, -0.15) is 0 Å². The first-order valence-corrected chi connectivity index (χ1v) is 11.2. The van der Waals surface area contributed by atoms with Gasteiger partial charge in [-0.1, -0.05) is 31.2 Å². The van der Waals surface area contributed by atoms with Gasteiger partial charge in [-0.05, 0) is 51.3 Å². The molecule has 2 aromatic rings. The summed E-state index contributed by atoms with van der Waals surface area (Å²) >= 11 is 0. The van der Waals surface area contributed by atoms with Crippen molar-refractivity contribution < 1.29 is 0 Å². The van der Waals surface area contributed by atoms with Gasteiger partial charge in [0.25, 0.3) is 0 Å². The van der Waals surface area contributed by atoms with E-state index in [2.05, 4.69) is 59.7 Å². The molecule has 0 radical (unpaired) electrons. The molecule has 3 heterocycles. The van der Waals surface area contributed by atoms with Crippen molar-refractivity contribution in [3.8, 4) is 11.3 Å². The van der Waals surface area contributed by atoms with Gasteiger partial charge in [0.2, 0.25) is 0 Å². The quantitative estimate of drug-likeness (QED) is 0.770. The van der Waals surface area contributed by atoms with Crippen molar-refractivity contribution in [2.45, 2.75) is 46.2 Å². The Morgan fingerprint density at radius 2 is 1.59 bits per heavy atom. The first kappa shape index (κ1) is 20.3. The fraction of sp³-hybridized carbons (Fsp3) is 0.583. The smallest absolute Gasteiger partial charge is 0.147 e. The molecule has 1 aromatic carbocycles. The Hall–Kier alpha value is -1.98. The molecule has 156 valence electrons. The number of anilines is 1. The Labute approximate surface area is 175 Å². The zero-order chi connectivity index (χ0) is 20.2. The SMILES string of the molecule is CC1CCN(Cc2ccc(-c3cnc(N4CCN(C(C)C)CC4)cn3)cc2)CC1. The largest absolute Gasteiger partial charge is 0.353 e. The van der Waals surface area contributed by atoms with E-state index in [1.165, 1.54) is 31.5 Å². The summed E-state index contributed by atoms with van der Waals surface area (Å²) in [5.41, 5.74) is 3.48. The van der Waals surface area contributed by atoms with Crippen LogP contribution < -0.4 is 4.90 Å². The number of likely N-dealkylation sites (tertiary alicyclic amines) is 1. The lowest BCUT2D eigenvalue weighted by Crippen LogP contribution is -2.49. The molecular weight excluding hydrogens is 358 g/mol. The molecule has 0 bridgehead atoms. The molecule has 5 heteroatoms. The van der Waals surface area contributed by atoms with Crippen molar-refractivity contribution in [3.05, 3.63) is 42.2 Å². The minimum atomic E-state index is 0.618. The van der Waals surface area contributed by atoms with E-state index in [-0.39, 0.29) is 0 Å². The zero-order valence-corrected chi connectivity index (χ0v) is 18.2. The molecule has 5 nitrogen and oxygen atoms in total. The fourth-order valence-corrected chi connectivity index (χ4v) is 4.36. The predicted molar refractivity (Wildman–Crippen MR) is 120 cm³/mol. The number of piperazine rings is 1. The number of rotatable bonds is 5. The van der Waals surface area contributed by atoms with Crippen LogP contribution in [0.1, 0.15) is 39.2 Å². The Balaban J connectivity index is 1.34. The second-order valence-electron chi connectivity index (χ2n) is 9.03. The fourth-order valence-electron chi connectivity index (χ4n) is 4.36. The van der Waals surface area contributed by atoms with Gasteiger partial charge >= 0.3 is 0 Å². The second kappa shape index (κ2) is 9.23. The summed E-state index contributed by atoms with van der Waals surface area (Å²) in [4.78, 5) is 16.8. The van der Waals surface area contributed by atoms with Crippen molar-refractivity contribution in [2.75, 3.05) is 44.2 Å². The minimum absolute atomic E-state index is 0.618. The molecule has 0 unspecified atom stereocenters. The van der Waals surface area contributed by atoms with Gasteiger partial charge in [-0.15, -0.1) is 0 Å². The maximum atomic E-state index is 4.71. The monoisotopic (exact) mass is 393 g/mol.